The number of aromatic nitrogens is 2. The summed E-state index contributed by atoms with van der Waals surface area (Å²) < 4.78 is 0. The molecule has 4 nitrogen and oxygen atoms in total. The molecule has 21 heavy (non-hydrogen) atoms. The topological polar surface area (TPSA) is 55.0 Å². The van der Waals surface area contributed by atoms with Gasteiger partial charge in [-0.3, -0.25) is 0 Å². The molecule has 110 valence electrons. The van der Waals surface area contributed by atoms with Crippen LogP contribution in [0.3, 0.4) is 0 Å². The molecule has 4 heteroatoms. The van der Waals surface area contributed by atoms with Crippen LogP contribution in [0.15, 0.2) is 30.3 Å². The number of para-hydroxylation sites is 1. The third-order valence-corrected chi connectivity index (χ3v) is 3.89. The molecule has 2 N–H and O–H groups in total. The minimum absolute atomic E-state index is 0.268. The lowest BCUT2D eigenvalue weighted by molar-refractivity contribution is 0.559. The molecule has 0 aliphatic carbocycles. The molecule has 3 rings (SSSR count). The molecule has 1 unspecified atom stereocenters. The Morgan fingerprint density at radius 1 is 1.24 bits per heavy atom. The number of hydrogen-bond acceptors (Lipinski definition) is 4. The highest BCUT2D eigenvalue weighted by Gasteiger charge is 2.24. The van der Waals surface area contributed by atoms with Crippen LogP contribution in [0.1, 0.15) is 38.1 Å². The lowest BCUT2D eigenvalue weighted by Crippen LogP contribution is -2.31. The largest absolute Gasteiger partial charge is 0.384 e. The molecule has 2 heterocycles. The Hall–Kier alpha value is -2.10. The number of nitrogens with two attached hydrogens (primary N) is 1. The third kappa shape index (κ3) is 2.71. The SMILES string of the molecule is CC1Cc2ccccc2N(c2cc(N)nc(C(C)C)n2)C1. The second kappa shape index (κ2) is 5.35. The molecule has 0 radical (unpaired) electrons. The van der Waals surface area contributed by atoms with Crippen LogP contribution in [0, 0.1) is 5.92 Å². The fourth-order valence-electron chi connectivity index (χ4n) is 2.88. The van der Waals surface area contributed by atoms with E-state index in [-0.39, 0.29) is 5.92 Å². The Morgan fingerprint density at radius 2 is 2.00 bits per heavy atom. The first-order chi connectivity index (χ1) is 10.0. The number of anilines is 3. The highest BCUT2D eigenvalue weighted by atomic mass is 15.2. The molecule has 0 bridgehead atoms. The van der Waals surface area contributed by atoms with E-state index in [9.17, 15) is 0 Å². The first-order valence-electron chi connectivity index (χ1n) is 7.54. The van der Waals surface area contributed by atoms with Crippen LogP contribution >= 0.6 is 0 Å². The number of rotatable bonds is 2. The van der Waals surface area contributed by atoms with E-state index in [4.69, 9.17) is 10.7 Å². The van der Waals surface area contributed by atoms with Gasteiger partial charge < -0.3 is 10.6 Å². The van der Waals surface area contributed by atoms with Gasteiger partial charge in [-0.2, -0.15) is 0 Å². The number of nitrogens with zero attached hydrogens (tertiary/aromatic N) is 3. The highest BCUT2D eigenvalue weighted by Crippen LogP contribution is 2.35. The van der Waals surface area contributed by atoms with Gasteiger partial charge in [-0.15, -0.1) is 0 Å². The molecular formula is C17H22N4. The number of hydrogen-bond donors (Lipinski definition) is 1. The van der Waals surface area contributed by atoms with Crippen LogP contribution in [0.2, 0.25) is 0 Å². The summed E-state index contributed by atoms with van der Waals surface area (Å²) in [4.78, 5) is 11.3. The van der Waals surface area contributed by atoms with Gasteiger partial charge >= 0.3 is 0 Å². The van der Waals surface area contributed by atoms with Crippen molar-refractivity contribution in [3.63, 3.8) is 0 Å². The molecule has 0 saturated heterocycles. The van der Waals surface area contributed by atoms with E-state index in [0.29, 0.717) is 11.7 Å². The Bertz CT molecular complexity index is 651. The summed E-state index contributed by atoms with van der Waals surface area (Å²) in [6.07, 6.45) is 1.12. The Balaban J connectivity index is 2.08. The van der Waals surface area contributed by atoms with E-state index in [1.165, 1.54) is 11.3 Å². The zero-order valence-electron chi connectivity index (χ0n) is 12.9. The van der Waals surface area contributed by atoms with Crippen LogP contribution in [0.4, 0.5) is 17.3 Å². The summed E-state index contributed by atoms with van der Waals surface area (Å²) in [7, 11) is 0. The third-order valence-electron chi connectivity index (χ3n) is 3.89. The molecule has 1 aromatic carbocycles. The van der Waals surface area contributed by atoms with Gasteiger partial charge in [0.05, 0.1) is 0 Å². The van der Waals surface area contributed by atoms with Gasteiger partial charge in [0.2, 0.25) is 0 Å². The van der Waals surface area contributed by atoms with Crippen LogP contribution in [-0.2, 0) is 6.42 Å². The van der Waals surface area contributed by atoms with Crippen LogP contribution in [0.25, 0.3) is 0 Å². The van der Waals surface area contributed by atoms with Crippen LogP contribution in [0.5, 0.6) is 0 Å². The normalized spacial score (nSPS) is 17.9. The van der Waals surface area contributed by atoms with Crippen molar-refractivity contribution in [3.8, 4) is 0 Å². The fraction of sp³-hybridized carbons (Fsp3) is 0.412. The molecular weight excluding hydrogens is 260 g/mol. The van der Waals surface area contributed by atoms with Crippen molar-refractivity contribution in [3.05, 3.63) is 41.7 Å². The summed E-state index contributed by atoms with van der Waals surface area (Å²) in [6.45, 7) is 7.42. The lowest BCUT2D eigenvalue weighted by Gasteiger charge is -2.34. The van der Waals surface area contributed by atoms with Crippen molar-refractivity contribution >= 4 is 17.3 Å². The smallest absolute Gasteiger partial charge is 0.138 e. The van der Waals surface area contributed by atoms with Gasteiger partial charge in [-0.25, -0.2) is 9.97 Å². The minimum Gasteiger partial charge on any atom is -0.384 e. The quantitative estimate of drug-likeness (QED) is 0.915. The van der Waals surface area contributed by atoms with Crippen molar-refractivity contribution in [2.24, 2.45) is 5.92 Å². The van der Waals surface area contributed by atoms with Gasteiger partial charge in [0.15, 0.2) is 0 Å². The van der Waals surface area contributed by atoms with Gasteiger partial charge in [0, 0.05) is 24.2 Å². The average molecular weight is 282 g/mol. The number of fused-ring (bicyclic) bond motifs is 1. The molecule has 1 atom stereocenters. The summed E-state index contributed by atoms with van der Waals surface area (Å²) in [6, 6.07) is 10.4. The van der Waals surface area contributed by atoms with Crippen molar-refractivity contribution in [2.45, 2.75) is 33.1 Å². The molecule has 1 aliphatic rings. The summed E-state index contributed by atoms with van der Waals surface area (Å²) in [5.74, 6) is 3.12. The second-order valence-electron chi connectivity index (χ2n) is 6.21. The molecule has 2 aromatic rings. The Labute approximate surface area is 126 Å². The van der Waals surface area contributed by atoms with Crippen LogP contribution < -0.4 is 10.6 Å². The zero-order chi connectivity index (χ0) is 15.0. The van der Waals surface area contributed by atoms with E-state index >= 15 is 0 Å². The summed E-state index contributed by atoms with van der Waals surface area (Å²) in [5, 5.41) is 0. The zero-order valence-corrected chi connectivity index (χ0v) is 12.9. The molecule has 0 saturated carbocycles. The van der Waals surface area contributed by atoms with Gasteiger partial charge in [0.25, 0.3) is 0 Å². The maximum atomic E-state index is 5.98. The molecule has 1 aliphatic heterocycles. The highest BCUT2D eigenvalue weighted by molar-refractivity contribution is 5.67. The number of benzene rings is 1. The Morgan fingerprint density at radius 3 is 2.76 bits per heavy atom. The van der Waals surface area contributed by atoms with Crippen molar-refractivity contribution in [1.82, 2.24) is 9.97 Å². The van der Waals surface area contributed by atoms with Crippen LogP contribution in [-0.4, -0.2) is 16.5 Å². The average Bonchev–Trinajstić information content (AvgIpc) is 2.45. The molecule has 0 spiro atoms. The maximum Gasteiger partial charge on any atom is 0.138 e. The number of nitrogen functional groups attached to an aromatic ring is 1. The second-order valence-corrected chi connectivity index (χ2v) is 6.21. The fourth-order valence-corrected chi connectivity index (χ4v) is 2.88. The Kier molecular flexibility index (Phi) is 3.53. The van der Waals surface area contributed by atoms with Crippen molar-refractivity contribution in [1.29, 1.82) is 0 Å². The molecule has 0 amide bonds. The van der Waals surface area contributed by atoms with Gasteiger partial charge in [-0.1, -0.05) is 39.0 Å². The molecule has 1 aromatic heterocycles. The first kappa shape index (κ1) is 13.9. The maximum absolute atomic E-state index is 5.98. The molecule has 0 fully saturated rings. The summed E-state index contributed by atoms with van der Waals surface area (Å²) >= 11 is 0. The standard InChI is InChI=1S/C17H22N4/c1-11(2)17-19-15(18)9-16(20-17)21-10-12(3)8-13-6-4-5-7-14(13)21/h4-7,9,11-12H,8,10H2,1-3H3,(H2,18,19,20). The van der Waals surface area contributed by atoms with Crippen molar-refractivity contribution < 1.29 is 0 Å². The predicted molar refractivity (Wildman–Crippen MR) is 86.8 cm³/mol. The first-order valence-corrected chi connectivity index (χ1v) is 7.54. The van der Waals surface area contributed by atoms with E-state index in [2.05, 4.69) is 54.9 Å². The predicted octanol–water partition coefficient (Wildman–Crippen LogP) is 3.51. The van der Waals surface area contributed by atoms with E-state index in [1.807, 2.05) is 6.07 Å². The summed E-state index contributed by atoms with van der Waals surface area (Å²) in [5.41, 5.74) is 8.59. The van der Waals surface area contributed by atoms with E-state index in [0.717, 1.165) is 24.6 Å². The van der Waals surface area contributed by atoms with E-state index < -0.39 is 0 Å². The van der Waals surface area contributed by atoms with Gasteiger partial charge in [0.1, 0.15) is 17.5 Å². The van der Waals surface area contributed by atoms with Crippen molar-refractivity contribution in [2.75, 3.05) is 17.2 Å². The van der Waals surface area contributed by atoms with E-state index in [1.54, 1.807) is 0 Å². The minimum atomic E-state index is 0.268. The monoisotopic (exact) mass is 282 g/mol. The lowest BCUT2D eigenvalue weighted by atomic mass is 9.94. The van der Waals surface area contributed by atoms with Gasteiger partial charge in [-0.05, 0) is 24.0 Å².